The Hall–Kier alpha value is -1.13. The standard InChI is InChI=1S/C14H21N3S/c1-11-4-5-12(2)13(10-11)15-14(18)17-8-6-16(3)7-9-17/h4-5,10H,6-9H2,1-3H3,(H,15,18). The van der Waals surface area contributed by atoms with Crippen LogP contribution in [-0.2, 0) is 0 Å². The quantitative estimate of drug-likeness (QED) is 0.783. The molecule has 1 saturated heterocycles. The summed E-state index contributed by atoms with van der Waals surface area (Å²) in [6.45, 7) is 8.38. The second-order valence-electron chi connectivity index (χ2n) is 5.04. The Morgan fingerprint density at radius 1 is 1.17 bits per heavy atom. The summed E-state index contributed by atoms with van der Waals surface area (Å²) in [6, 6.07) is 6.40. The normalized spacial score (nSPS) is 16.7. The summed E-state index contributed by atoms with van der Waals surface area (Å²) in [5, 5.41) is 4.22. The predicted octanol–water partition coefficient (Wildman–Crippen LogP) is 2.25. The van der Waals surface area contributed by atoms with Crippen LogP contribution < -0.4 is 5.32 Å². The molecule has 0 bridgehead atoms. The lowest BCUT2D eigenvalue weighted by molar-refractivity contribution is 0.217. The Balaban J connectivity index is 2.00. The first-order chi connectivity index (χ1) is 8.56. The van der Waals surface area contributed by atoms with E-state index < -0.39 is 0 Å². The number of nitrogens with zero attached hydrogens (tertiary/aromatic N) is 2. The monoisotopic (exact) mass is 263 g/mol. The predicted molar refractivity (Wildman–Crippen MR) is 81.2 cm³/mol. The number of aryl methyl sites for hydroxylation is 2. The third-order valence-corrected chi connectivity index (χ3v) is 3.79. The van der Waals surface area contributed by atoms with E-state index in [0.717, 1.165) is 37.0 Å². The lowest BCUT2D eigenvalue weighted by Gasteiger charge is -2.34. The van der Waals surface area contributed by atoms with Gasteiger partial charge < -0.3 is 15.1 Å². The third-order valence-electron chi connectivity index (χ3n) is 3.43. The van der Waals surface area contributed by atoms with E-state index in [9.17, 15) is 0 Å². The average Bonchev–Trinajstić information content (AvgIpc) is 2.34. The van der Waals surface area contributed by atoms with Crippen LogP contribution in [0.5, 0.6) is 0 Å². The SMILES string of the molecule is Cc1ccc(C)c(NC(=S)N2CCN(C)CC2)c1. The van der Waals surface area contributed by atoms with E-state index >= 15 is 0 Å². The highest BCUT2D eigenvalue weighted by atomic mass is 32.1. The molecule has 0 spiro atoms. The summed E-state index contributed by atoms with van der Waals surface area (Å²) in [5.74, 6) is 0. The van der Waals surface area contributed by atoms with Crippen LogP contribution in [0.25, 0.3) is 0 Å². The van der Waals surface area contributed by atoms with Crippen molar-refractivity contribution in [1.82, 2.24) is 9.80 Å². The number of hydrogen-bond acceptors (Lipinski definition) is 2. The minimum Gasteiger partial charge on any atom is -0.346 e. The highest BCUT2D eigenvalue weighted by Crippen LogP contribution is 2.17. The van der Waals surface area contributed by atoms with Gasteiger partial charge in [-0.2, -0.15) is 0 Å². The lowest BCUT2D eigenvalue weighted by Crippen LogP contribution is -2.48. The number of hydrogen-bond donors (Lipinski definition) is 1. The molecule has 4 heteroatoms. The van der Waals surface area contributed by atoms with E-state index in [2.05, 4.69) is 54.2 Å². The molecule has 3 nitrogen and oxygen atoms in total. The summed E-state index contributed by atoms with van der Waals surface area (Å²) in [5.41, 5.74) is 3.61. The zero-order chi connectivity index (χ0) is 13.1. The molecule has 1 aromatic carbocycles. The van der Waals surface area contributed by atoms with Gasteiger partial charge in [-0.15, -0.1) is 0 Å². The smallest absolute Gasteiger partial charge is 0.173 e. The molecule has 1 aliphatic rings. The number of anilines is 1. The zero-order valence-electron chi connectivity index (χ0n) is 11.4. The van der Waals surface area contributed by atoms with E-state index in [1.165, 1.54) is 11.1 Å². The molecule has 2 rings (SSSR count). The summed E-state index contributed by atoms with van der Waals surface area (Å²) in [7, 11) is 2.15. The van der Waals surface area contributed by atoms with Crippen LogP contribution in [0.15, 0.2) is 18.2 Å². The minimum atomic E-state index is 0.844. The van der Waals surface area contributed by atoms with Crippen LogP contribution >= 0.6 is 12.2 Å². The fraction of sp³-hybridized carbons (Fsp3) is 0.500. The summed E-state index contributed by atoms with van der Waals surface area (Å²) < 4.78 is 0. The van der Waals surface area contributed by atoms with Crippen LogP contribution in [0.4, 0.5) is 5.69 Å². The van der Waals surface area contributed by atoms with Gasteiger partial charge in [0.1, 0.15) is 0 Å². The minimum absolute atomic E-state index is 0.844. The Morgan fingerprint density at radius 2 is 1.83 bits per heavy atom. The average molecular weight is 263 g/mol. The molecular formula is C14H21N3S. The van der Waals surface area contributed by atoms with Gasteiger partial charge in [0.2, 0.25) is 0 Å². The van der Waals surface area contributed by atoms with Gasteiger partial charge in [-0.25, -0.2) is 0 Å². The van der Waals surface area contributed by atoms with Gasteiger partial charge in [-0.05, 0) is 50.3 Å². The molecule has 0 aliphatic carbocycles. The molecule has 1 fully saturated rings. The first kappa shape index (κ1) is 13.3. The summed E-state index contributed by atoms with van der Waals surface area (Å²) in [4.78, 5) is 4.58. The fourth-order valence-electron chi connectivity index (χ4n) is 2.07. The van der Waals surface area contributed by atoms with E-state index in [4.69, 9.17) is 12.2 Å². The van der Waals surface area contributed by atoms with Crippen molar-refractivity contribution in [3.63, 3.8) is 0 Å². The number of nitrogens with one attached hydrogen (secondary N) is 1. The molecule has 1 heterocycles. The molecule has 1 aliphatic heterocycles. The van der Waals surface area contributed by atoms with Gasteiger partial charge >= 0.3 is 0 Å². The molecule has 0 aromatic heterocycles. The number of piperazine rings is 1. The maximum atomic E-state index is 5.49. The van der Waals surface area contributed by atoms with Gasteiger partial charge in [0, 0.05) is 31.9 Å². The maximum absolute atomic E-state index is 5.49. The molecule has 0 saturated carbocycles. The Bertz CT molecular complexity index is 437. The van der Waals surface area contributed by atoms with E-state index in [1.54, 1.807) is 0 Å². The van der Waals surface area contributed by atoms with Crippen LogP contribution in [0.2, 0.25) is 0 Å². The second-order valence-corrected chi connectivity index (χ2v) is 5.43. The zero-order valence-corrected chi connectivity index (χ0v) is 12.2. The number of rotatable bonds is 1. The first-order valence-electron chi connectivity index (χ1n) is 6.38. The van der Waals surface area contributed by atoms with Crippen molar-refractivity contribution in [2.24, 2.45) is 0 Å². The molecule has 0 atom stereocenters. The van der Waals surface area contributed by atoms with Gasteiger partial charge in [0.05, 0.1) is 0 Å². The number of thiocarbonyl (C=S) groups is 1. The molecule has 0 radical (unpaired) electrons. The van der Waals surface area contributed by atoms with Crippen molar-refractivity contribution in [3.05, 3.63) is 29.3 Å². The van der Waals surface area contributed by atoms with Crippen molar-refractivity contribution in [2.45, 2.75) is 13.8 Å². The molecular weight excluding hydrogens is 242 g/mol. The van der Waals surface area contributed by atoms with Gasteiger partial charge in [-0.3, -0.25) is 0 Å². The Labute approximate surface area is 115 Å². The van der Waals surface area contributed by atoms with Crippen molar-refractivity contribution in [2.75, 3.05) is 38.5 Å². The number of benzene rings is 1. The van der Waals surface area contributed by atoms with Crippen molar-refractivity contribution in [3.8, 4) is 0 Å². The molecule has 1 aromatic rings. The largest absolute Gasteiger partial charge is 0.346 e. The van der Waals surface area contributed by atoms with E-state index in [-0.39, 0.29) is 0 Å². The maximum Gasteiger partial charge on any atom is 0.173 e. The van der Waals surface area contributed by atoms with Crippen molar-refractivity contribution in [1.29, 1.82) is 0 Å². The van der Waals surface area contributed by atoms with Crippen LogP contribution in [-0.4, -0.2) is 48.1 Å². The Kier molecular flexibility index (Phi) is 4.19. The van der Waals surface area contributed by atoms with E-state index in [0.29, 0.717) is 0 Å². The molecule has 1 N–H and O–H groups in total. The first-order valence-corrected chi connectivity index (χ1v) is 6.79. The molecule has 0 unspecified atom stereocenters. The Morgan fingerprint density at radius 3 is 2.50 bits per heavy atom. The van der Waals surface area contributed by atoms with Gasteiger partial charge in [0.25, 0.3) is 0 Å². The van der Waals surface area contributed by atoms with E-state index in [1.807, 2.05) is 0 Å². The van der Waals surface area contributed by atoms with Gasteiger partial charge in [0.15, 0.2) is 5.11 Å². The topological polar surface area (TPSA) is 18.5 Å². The third kappa shape index (κ3) is 3.21. The summed E-state index contributed by atoms with van der Waals surface area (Å²) in [6.07, 6.45) is 0. The molecule has 0 amide bonds. The number of likely N-dealkylation sites (N-methyl/N-ethyl adjacent to an activating group) is 1. The van der Waals surface area contributed by atoms with Crippen LogP contribution in [0.3, 0.4) is 0 Å². The fourth-order valence-corrected chi connectivity index (χ4v) is 2.37. The van der Waals surface area contributed by atoms with Crippen molar-refractivity contribution >= 4 is 23.0 Å². The molecule has 18 heavy (non-hydrogen) atoms. The lowest BCUT2D eigenvalue weighted by atomic mass is 10.1. The highest BCUT2D eigenvalue weighted by molar-refractivity contribution is 7.80. The second kappa shape index (κ2) is 5.67. The van der Waals surface area contributed by atoms with Crippen LogP contribution in [0.1, 0.15) is 11.1 Å². The summed E-state index contributed by atoms with van der Waals surface area (Å²) >= 11 is 5.49. The van der Waals surface area contributed by atoms with Gasteiger partial charge in [-0.1, -0.05) is 12.1 Å². The molecule has 98 valence electrons. The van der Waals surface area contributed by atoms with Crippen LogP contribution in [0, 0.1) is 13.8 Å². The highest BCUT2D eigenvalue weighted by Gasteiger charge is 2.16. The van der Waals surface area contributed by atoms with Crippen molar-refractivity contribution < 1.29 is 0 Å².